The number of hydrogen-bond acceptors (Lipinski definition) is 6. The molecule has 1 aromatic carbocycles. The van der Waals surface area contributed by atoms with Gasteiger partial charge >= 0.3 is 11.8 Å². The summed E-state index contributed by atoms with van der Waals surface area (Å²) in [5.41, 5.74) is 2.26. The van der Waals surface area contributed by atoms with Crippen LogP contribution >= 0.6 is 27.5 Å². The van der Waals surface area contributed by atoms with Gasteiger partial charge in [-0.2, -0.15) is 10.1 Å². The fraction of sp³-hybridized carbons (Fsp3) is 0.278. The lowest BCUT2D eigenvalue weighted by molar-refractivity contribution is 0.0898. The van der Waals surface area contributed by atoms with E-state index < -0.39 is 5.91 Å². The van der Waals surface area contributed by atoms with Crippen LogP contribution < -0.4 is 10.6 Å². The monoisotopic (exact) mass is 480 g/mol. The number of nitrogens with one attached hydrogen (secondary N) is 2. The van der Waals surface area contributed by atoms with Crippen LogP contribution in [-0.4, -0.2) is 44.8 Å². The summed E-state index contributed by atoms with van der Waals surface area (Å²) in [6.07, 6.45) is 0. The van der Waals surface area contributed by atoms with Crippen LogP contribution in [0.25, 0.3) is 0 Å². The highest BCUT2D eigenvalue weighted by Gasteiger charge is 2.17. The van der Waals surface area contributed by atoms with E-state index in [1.165, 1.54) is 0 Å². The van der Waals surface area contributed by atoms with Gasteiger partial charge in [0.15, 0.2) is 5.82 Å². The average molecular weight is 482 g/mol. The number of amides is 2. The van der Waals surface area contributed by atoms with E-state index in [1.807, 2.05) is 13.8 Å². The first-order valence-corrected chi connectivity index (χ1v) is 9.86. The van der Waals surface area contributed by atoms with Gasteiger partial charge in [-0.3, -0.25) is 14.3 Å². The number of nitrogens with zero attached hydrogens (tertiary/aromatic N) is 4. The Morgan fingerprint density at radius 2 is 1.79 bits per heavy atom. The molecule has 0 atom stereocenters. The van der Waals surface area contributed by atoms with Crippen LogP contribution in [-0.2, 0) is 6.54 Å². The van der Waals surface area contributed by atoms with E-state index >= 15 is 0 Å². The molecule has 2 heterocycles. The number of hydrogen-bond donors (Lipinski definition) is 2. The molecule has 0 fully saturated rings. The SMILES string of the molecule is Cc1nn(Cc2noc(C(=O)NCCNC(=O)c3ccc(Cl)cc3)n2)c(C)c1Br. The number of carbonyl (C=O) groups excluding carboxylic acids is 2. The lowest BCUT2D eigenvalue weighted by Gasteiger charge is -2.05. The molecule has 0 bridgehead atoms. The molecule has 0 saturated carbocycles. The second-order valence-corrected chi connectivity index (χ2v) is 7.41. The topological polar surface area (TPSA) is 115 Å². The highest BCUT2D eigenvalue weighted by molar-refractivity contribution is 9.10. The Kier molecular flexibility index (Phi) is 6.65. The Hall–Kier alpha value is -2.72. The highest BCUT2D eigenvalue weighted by atomic mass is 79.9. The van der Waals surface area contributed by atoms with E-state index in [2.05, 4.69) is 41.8 Å². The van der Waals surface area contributed by atoms with Crippen molar-refractivity contribution in [2.45, 2.75) is 20.4 Å². The summed E-state index contributed by atoms with van der Waals surface area (Å²) < 4.78 is 7.65. The van der Waals surface area contributed by atoms with Crippen molar-refractivity contribution in [1.82, 2.24) is 30.6 Å². The van der Waals surface area contributed by atoms with Gasteiger partial charge in [-0.1, -0.05) is 16.8 Å². The third-order valence-electron chi connectivity index (χ3n) is 4.05. The number of rotatable bonds is 7. The first-order valence-electron chi connectivity index (χ1n) is 8.69. The quantitative estimate of drug-likeness (QED) is 0.501. The van der Waals surface area contributed by atoms with E-state index in [-0.39, 0.29) is 31.4 Å². The summed E-state index contributed by atoms with van der Waals surface area (Å²) >= 11 is 9.25. The molecule has 0 aliphatic rings. The van der Waals surface area contributed by atoms with Crippen molar-refractivity contribution in [2.75, 3.05) is 13.1 Å². The molecule has 2 amide bonds. The van der Waals surface area contributed by atoms with Crippen LogP contribution in [0.5, 0.6) is 0 Å². The molecule has 0 unspecified atom stereocenters. The molecule has 0 radical (unpaired) electrons. The number of aryl methyl sites for hydroxylation is 1. The number of aromatic nitrogens is 4. The molecule has 11 heteroatoms. The fourth-order valence-electron chi connectivity index (χ4n) is 2.50. The van der Waals surface area contributed by atoms with Crippen molar-refractivity contribution in [3.63, 3.8) is 0 Å². The van der Waals surface area contributed by atoms with Crippen molar-refractivity contribution in [2.24, 2.45) is 0 Å². The minimum atomic E-state index is -0.515. The summed E-state index contributed by atoms with van der Waals surface area (Å²) in [7, 11) is 0. The minimum Gasteiger partial charge on any atom is -0.350 e. The van der Waals surface area contributed by atoms with Crippen molar-refractivity contribution in [3.05, 3.63) is 62.4 Å². The van der Waals surface area contributed by atoms with Crippen molar-refractivity contribution in [1.29, 1.82) is 0 Å². The van der Waals surface area contributed by atoms with E-state index in [0.29, 0.717) is 16.4 Å². The predicted molar refractivity (Wildman–Crippen MR) is 109 cm³/mol. The molecule has 2 aromatic heterocycles. The lowest BCUT2D eigenvalue weighted by atomic mass is 10.2. The largest absolute Gasteiger partial charge is 0.350 e. The molecule has 3 rings (SSSR count). The van der Waals surface area contributed by atoms with E-state index in [4.69, 9.17) is 16.1 Å². The van der Waals surface area contributed by atoms with Gasteiger partial charge in [0.25, 0.3) is 5.91 Å². The molecule has 9 nitrogen and oxygen atoms in total. The first kappa shape index (κ1) is 21.0. The average Bonchev–Trinajstić information content (AvgIpc) is 3.26. The molecule has 0 aliphatic carbocycles. The third-order valence-corrected chi connectivity index (χ3v) is 5.45. The van der Waals surface area contributed by atoms with Crippen LogP contribution in [0.2, 0.25) is 5.02 Å². The second kappa shape index (κ2) is 9.19. The van der Waals surface area contributed by atoms with Gasteiger partial charge in [-0.25, -0.2) is 0 Å². The van der Waals surface area contributed by atoms with Gasteiger partial charge in [0, 0.05) is 23.7 Å². The number of carbonyl (C=O) groups is 2. The Morgan fingerprint density at radius 1 is 1.14 bits per heavy atom. The van der Waals surface area contributed by atoms with Crippen LogP contribution in [0.15, 0.2) is 33.3 Å². The van der Waals surface area contributed by atoms with Crippen LogP contribution in [0, 0.1) is 13.8 Å². The van der Waals surface area contributed by atoms with Gasteiger partial charge in [0.1, 0.15) is 6.54 Å². The third kappa shape index (κ3) is 5.21. The number of benzene rings is 1. The zero-order valence-corrected chi connectivity index (χ0v) is 18.0. The molecule has 152 valence electrons. The smallest absolute Gasteiger partial charge is 0.316 e. The predicted octanol–water partition coefficient (Wildman–Crippen LogP) is 2.51. The summed E-state index contributed by atoms with van der Waals surface area (Å²) in [6.45, 7) is 4.53. The Morgan fingerprint density at radius 3 is 2.41 bits per heavy atom. The molecule has 29 heavy (non-hydrogen) atoms. The fourth-order valence-corrected chi connectivity index (χ4v) is 2.91. The van der Waals surface area contributed by atoms with Crippen molar-refractivity contribution < 1.29 is 14.1 Å². The summed E-state index contributed by atoms with van der Waals surface area (Å²) in [5.74, 6) is -0.583. The molecular formula is C18H18BrClN6O3. The minimum absolute atomic E-state index is 0.148. The van der Waals surface area contributed by atoms with E-state index in [0.717, 1.165) is 15.9 Å². The lowest BCUT2D eigenvalue weighted by Crippen LogP contribution is -2.34. The van der Waals surface area contributed by atoms with Gasteiger partial charge < -0.3 is 15.2 Å². The molecule has 2 N–H and O–H groups in total. The van der Waals surface area contributed by atoms with Gasteiger partial charge in [0.2, 0.25) is 0 Å². The Bertz CT molecular complexity index is 1030. The molecular weight excluding hydrogens is 464 g/mol. The summed E-state index contributed by atoms with van der Waals surface area (Å²) in [6, 6.07) is 6.52. The maximum absolute atomic E-state index is 12.1. The van der Waals surface area contributed by atoms with Crippen LogP contribution in [0.1, 0.15) is 38.3 Å². The van der Waals surface area contributed by atoms with E-state index in [9.17, 15) is 9.59 Å². The molecule has 0 spiro atoms. The van der Waals surface area contributed by atoms with Crippen molar-refractivity contribution in [3.8, 4) is 0 Å². The second-order valence-electron chi connectivity index (χ2n) is 6.18. The molecule has 0 aliphatic heterocycles. The Balaban J connectivity index is 1.47. The van der Waals surface area contributed by atoms with Crippen LogP contribution in [0.4, 0.5) is 0 Å². The Labute approximate surface area is 179 Å². The zero-order valence-electron chi connectivity index (χ0n) is 15.7. The number of halogens is 2. The normalized spacial score (nSPS) is 10.8. The van der Waals surface area contributed by atoms with Gasteiger partial charge in [-0.15, -0.1) is 0 Å². The van der Waals surface area contributed by atoms with Crippen LogP contribution in [0.3, 0.4) is 0 Å². The maximum atomic E-state index is 12.1. The zero-order chi connectivity index (χ0) is 21.0. The highest BCUT2D eigenvalue weighted by Crippen LogP contribution is 2.20. The standard InChI is InChI=1S/C18H18BrClN6O3/c1-10-15(19)11(2)26(24-10)9-14-23-18(29-25-14)17(28)22-8-7-21-16(27)12-3-5-13(20)6-4-12/h3-6H,7-9H2,1-2H3,(H,21,27)(H,22,28). The molecule has 0 saturated heterocycles. The first-order chi connectivity index (χ1) is 13.8. The van der Waals surface area contributed by atoms with Crippen molar-refractivity contribution >= 4 is 39.3 Å². The summed E-state index contributed by atoms with van der Waals surface area (Å²) in [4.78, 5) is 28.2. The maximum Gasteiger partial charge on any atom is 0.316 e. The molecule has 3 aromatic rings. The van der Waals surface area contributed by atoms with E-state index in [1.54, 1.807) is 28.9 Å². The van der Waals surface area contributed by atoms with Gasteiger partial charge in [-0.05, 0) is 54.0 Å². The van der Waals surface area contributed by atoms with Gasteiger partial charge in [0.05, 0.1) is 15.9 Å². The summed E-state index contributed by atoms with van der Waals surface area (Å²) in [5, 5.41) is 14.0.